The average Bonchev–Trinajstić information content (AvgIpc) is 2.56. The Morgan fingerprint density at radius 3 is 2.42 bits per heavy atom. The highest BCUT2D eigenvalue weighted by Crippen LogP contribution is 2.18. The van der Waals surface area contributed by atoms with E-state index in [1.54, 1.807) is 14.1 Å². The van der Waals surface area contributed by atoms with E-state index in [1.165, 1.54) is 10.5 Å². The molecule has 1 rings (SSSR count). The zero-order valence-corrected chi connectivity index (χ0v) is 15.4. The second-order valence-electron chi connectivity index (χ2n) is 5.98. The van der Waals surface area contributed by atoms with Crippen LogP contribution in [0.2, 0.25) is 0 Å². The fourth-order valence-corrected chi connectivity index (χ4v) is 1.92. The number of aliphatic imine (C=N–C) groups is 1. The Morgan fingerprint density at radius 2 is 1.88 bits per heavy atom. The average molecular weight is 334 g/mol. The van der Waals surface area contributed by atoms with Crippen LogP contribution in [0.15, 0.2) is 29.3 Å². The lowest BCUT2D eigenvalue weighted by atomic mass is 10.0. The van der Waals surface area contributed by atoms with Crippen LogP contribution in [-0.2, 0) is 4.79 Å². The molecule has 1 aromatic carbocycles. The van der Waals surface area contributed by atoms with Gasteiger partial charge in [-0.2, -0.15) is 0 Å². The molecule has 24 heavy (non-hydrogen) atoms. The highest BCUT2D eigenvalue weighted by Gasteiger charge is 2.04. The molecule has 0 aromatic heterocycles. The van der Waals surface area contributed by atoms with Gasteiger partial charge in [0.25, 0.3) is 0 Å². The molecule has 0 unspecified atom stereocenters. The molecule has 0 aliphatic carbocycles. The molecule has 0 aliphatic heterocycles. The fourth-order valence-electron chi connectivity index (χ4n) is 1.92. The van der Waals surface area contributed by atoms with E-state index in [2.05, 4.69) is 41.6 Å². The predicted molar refractivity (Wildman–Crippen MR) is 98.7 cm³/mol. The maximum Gasteiger partial charge on any atom is 0.243 e. The first-order valence-corrected chi connectivity index (χ1v) is 8.39. The Kier molecular flexibility index (Phi) is 8.68. The lowest BCUT2D eigenvalue weighted by Crippen LogP contribution is -2.40. The van der Waals surface area contributed by atoms with Crippen LogP contribution in [0.4, 0.5) is 0 Å². The number of ether oxygens (including phenoxy) is 1. The van der Waals surface area contributed by atoms with Gasteiger partial charge in [-0.05, 0) is 30.5 Å². The molecule has 0 spiro atoms. The molecule has 0 saturated heterocycles. The Morgan fingerprint density at radius 1 is 1.21 bits per heavy atom. The van der Waals surface area contributed by atoms with Crippen molar-refractivity contribution in [2.24, 2.45) is 4.99 Å². The van der Waals surface area contributed by atoms with Crippen LogP contribution in [-0.4, -0.2) is 57.1 Å². The summed E-state index contributed by atoms with van der Waals surface area (Å²) < 4.78 is 5.71. The van der Waals surface area contributed by atoms with E-state index in [1.807, 2.05) is 19.1 Å². The highest BCUT2D eigenvalue weighted by molar-refractivity contribution is 5.84. The molecule has 0 saturated carbocycles. The molecular formula is C18H30N4O2. The first-order valence-electron chi connectivity index (χ1n) is 8.39. The number of hydrogen-bond donors (Lipinski definition) is 2. The van der Waals surface area contributed by atoms with E-state index in [4.69, 9.17) is 4.74 Å². The number of benzene rings is 1. The van der Waals surface area contributed by atoms with Gasteiger partial charge >= 0.3 is 0 Å². The van der Waals surface area contributed by atoms with E-state index in [9.17, 15) is 4.79 Å². The second-order valence-corrected chi connectivity index (χ2v) is 5.98. The van der Waals surface area contributed by atoms with Gasteiger partial charge in [-0.15, -0.1) is 0 Å². The summed E-state index contributed by atoms with van der Waals surface area (Å²) in [6.45, 7) is 8.31. The van der Waals surface area contributed by atoms with Gasteiger partial charge in [-0.1, -0.05) is 26.0 Å². The van der Waals surface area contributed by atoms with Crippen LogP contribution in [0.3, 0.4) is 0 Å². The summed E-state index contributed by atoms with van der Waals surface area (Å²) in [7, 11) is 3.44. The highest BCUT2D eigenvalue weighted by atomic mass is 16.5. The third kappa shape index (κ3) is 7.35. The van der Waals surface area contributed by atoms with Gasteiger partial charge < -0.3 is 20.3 Å². The third-order valence-corrected chi connectivity index (χ3v) is 3.43. The van der Waals surface area contributed by atoms with Gasteiger partial charge in [-0.3, -0.25) is 4.79 Å². The van der Waals surface area contributed by atoms with Crippen LogP contribution in [0.5, 0.6) is 5.75 Å². The summed E-state index contributed by atoms with van der Waals surface area (Å²) in [5.74, 6) is 1.95. The Labute approximate surface area is 145 Å². The van der Waals surface area contributed by atoms with Crippen molar-refractivity contribution >= 4 is 11.9 Å². The minimum Gasteiger partial charge on any atom is -0.492 e. The van der Waals surface area contributed by atoms with Crippen LogP contribution in [0.25, 0.3) is 0 Å². The molecular weight excluding hydrogens is 304 g/mol. The molecule has 6 heteroatoms. The van der Waals surface area contributed by atoms with E-state index in [0.29, 0.717) is 25.0 Å². The molecule has 0 bridgehead atoms. The molecule has 0 atom stereocenters. The third-order valence-electron chi connectivity index (χ3n) is 3.43. The van der Waals surface area contributed by atoms with Crippen molar-refractivity contribution in [2.45, 2.75) is 26.7 Å². The minimum atomic E-state index is -0.0336. The number of guanidine groups is 1. The van der Waals surface area contributed by atoms with E-state index < -0.39 is 0 Å². The van der Waals surface area contributed by atoms with E-state index >= 15 is 0 Å². The number of rotatable bonds is 8. The van der Waals surface area contributed by atoms with Crippen molar-refractivity contribution in [1.82, 2.24) is 15.5 Å². The first kappa shape index (κ1) is 19.8. The molecule has 0 fully saturated rings. The van der Waals surface area contributed by atoms with Crippen molar-refractivity contribution in [3.8, 4) is 5.75 Å². The van der Waals surface area contributed by atoms with Crippen molar-refractivity contribution in [3.05, 3.63) is 29.8 Å². The number of nitrogens with zero attached hydrogens (tertiary/aromatic N) is 2. The quantitative estimate of drug-likeness (QED) is 0.432. The lowest BCUT2D eigenvalue weighted by Gasteiger charge is -2.13. The maximum absolute atomic E-state index is 11.6. The fraction of sp³-hybridized carbons (Fsp3) is 0.556. The van der Waals surface area contributed by atoms with Gasteiger partial charge in [0.1, 0.15) is 18.9 Å². The molecule has 1 aromatic rings. The van der Waals surface area contributed by atoms with Gasteiger partial charge in [-0.25, -0.2) is 4.99 Å². The number of amides is 1. The number of nitrogens with one attached hydrogen (secondary N) is 2. The maximum atomic E-state index is 11.6. The summed E-state index contributed by atoms with van der Waals surface area (Å²) in [4.78, 5) is 17.4. The predicted octanol–water partition coefficient (Wildman–Crippen LogP) is 1.83. The van der Waals surface area contributed by atoms with Gasteiger partial charge in [0.2, 0.25) is 5.91 Å². The Balaban J connectivity index is 2.39. The van der Waals surface area contributed by atoms with Crippen LogP contribution in [0.1, 0.15) is 32.3 Å². The summed E-state index contributed by atoms with van der Waals surface area (Å²) >= 11 is 0. The SMILES string of the molecule is CCNC(=NCC(=O)N(C)C)NCCOc1ccc(C(C)C)cc1. The molecule has 0 aliphatic rings. The Hall–Kier alpha value is -2.24. The van der Waals surface area contributed by atoms with Crippen LogP contribution < -0.4 is 15.4 Å². The largest absolute Gasteiger partial charge is 0.492 e. The van der Waals surface area contributed by atoms with E-state index in [0.717, 1.165) is 12.3 Å². The van der Waals surface area contributed by atoms with Crippen molar-refractivity contribution in [1.29, 1.82) is 0 Å². The lowest BCUT2D eigenvalue weighted by molar-refractivity contribution is -0.127. The first-order chi connectivity index (χ1) is 11.4. The number of likely N-dealkylation sites (N-methyl/N-ethyl adjacent to an activating group) is 1. The van der Waals surface area contributed by atoms with Crippen molar-refractivity contribution in [3.63, 3.8) is 0 Å². The second kappa shape index (κ2) is 10.5. The van der Waals surface area contributed by atoms with E-state index in [-0.39, 0.29) is 12.5 Å². The topological polar surface area (TPSA) is 66.0 Å². The monoisotopic (exact) mass is 334 g/mol. The van der Waals surface area contributed by atoms with Crippen LogP contribution >= 0.6 is 0 Å². The van der Waals surface area contributed by atoms with Crippen molar-refractivity contribution in [2.75, 3.05) is 40.3 Å². The molecule has 2 N–H and O–H groups in total. The molecule has 0 radical (unpaired) electrons. The summed E-state index contributed by atoms with van der Waals surface area (Å²) in [6, 6.07) is 8.16. The van der Waals surface area contributed by atoms with Gasteiger partial charge in [0.05, 0.1) is 6.54 Å². The molecule has 0 heterocycles. The van der Waals surface area contributed by atoms with Gasteiger partial charge in [0.15, 0.2) is 5.96 Å². The Bertz CT molecular complexity index is 524. The summed E-state index contributed by atoms with van der Waals surface area (Å²) in [5.41, 5.74) is 1.30. The number of carbonyl (C=O) groups excluding carboxylic acids is 1. The summed E-state index contributed by atoms with van der Waals surface area (Å²) in [6.07, 6.45) is 0. The number of hydrogen-bond acceptors (Lipinski definition) is 3. The zero-order chi connectivity index (χ0) is 17.9. The standard InChI is InChI=1S/C18H30N4O2/c1-6-19-18(21-13-17(23)22(4)5)20-11-12-24-16-9-7-15(8-10-16)14(2)3/h7-10,14H,6,11-13H2,1-5H3,(H2,19,20,21). The zero-order valence-electron chi connectivity index (χ0n) is 15.4. The molecule has 1 amide bonds. The number of carbonyl (C=O) groups is 1. The molecule has 6 nitrogen and oxygen atoms in total. The van der Waals surface area contributed by atoms with Crippen LogP contribution in [0, 0.1) is 0 Å². The minimum absolute atomic E-state index is 0.0336. The van der Waals surface area contributed by atoms with Crippen molar-refractivity contribution < 1.29 is 9.53 Å². The smallest absolute Gasteiger partial charge is 0.243 e. The van der Waals surface area contributed by atoms with Gasteiger partial charge in [0, 0.05) is 20.6 Å². The molecule has 134 valence electrons. The summed E-state index contributed by atoms with van der Waals surface area (Å²) in [5, 5.41) is 6.27. The normalized spacial score (nSPS) is 11.3.